The molecule has 0 radical (unpaired) electrons. The Kier molecular flexibility index (Phi) is 7.67. The lowest BCUT2D eigenvalue weighted by atomic mass is 9.99. The number of anilines is 8. The second kappa shape index (κ2) is 13.5. The number of para-hydroxylation sites is 10. The number of rotatable bonds is 5. The third kappa shape index (κ3) is 5.43. The van der Waals surface area contributed by atoms with Gasteiger partial charge in [0.25, 0.3) is 0 Å². The molecule has 0 fully saturated rings. The third-order valence-electron chi connectivity index (χ3n) is 11.0. The molecule has 9 heteroatoms. The van der Waals surface area contributed by atoms with Gasteiger partial charge in [0, 0.05) is 11.1 Å². The van der Waals surface area contributed by atoms with Gasteiger partial charge in [0.15, 0.2) is 28.7 Å². The number of allylic oxidation sites excluding steroid dienone is 3. The number of hydrogen-bond acceptors (Lipinski definition) is 9. The summed E-state index contributed by atoms with van der Waals surface area (Å²) in [6.07, 6.45) is 5.97. The van der Waals surface area contributed by atoms with Crippen LogP contribution < -0.4 is 28.9 Å². The lowest BCUT2D eigenvalue weighted by Gasteiger charge is -2.42. The quantitative estimate of drug-likeness (QED) is 0.171. The molecule has 7 aromatic carbocycles. The molecule has 282 valence electrons. The smallest absolute Gasteiger partial charge is 0.151 e. The van der Waals surface area contributed by atoms with Crippen molar-refractivity contribution >= 4 is 56.8 Å². The van der Waals surface area contributed by atoms with Gasteiger partial charge in [-0.25, -0.2) is 0 Å². The molecular formula is C50H33N5O3S. The minimum absolute atomic E-state index is 0.758. The zero-order valence-corrected chi connectivity index (χ0v) is 32.3. The van der Waals surface area contributed by atoms with Gasteiger partial charge in [0.1, 0.15) is 15.8 Å². The van der Waals surface area contributed by atoms with E-state index in [1.165, 1.54) is 0 Å². The lowest BCUT2D eigenvalue weighted by molar-refractivity contribution is 0.421. The number of benzene rings is 7. The van der Waals surface area contributed by atoms with E-state index >= 15 is 0 Å². The Bertz CT molecular complexity index is 2940. The summed E-state index contributed by atoms with van der Waals surface area (Å²) >= 11 is 1.58. The van der Waals surface area contributed by atoms with Gasteiger partial charge in [-0.15, -0.1) is 10.2 Å². The van der Waals surface area contributed by atoms with Crippen molar-refractivity contribution in [2.45, 2.75) is 12.8 Å². The molecule has 8 nitrogen and oxygen atoms in total. The van der Waals surface area contributed by atoms with Crippen molar-refractivity contribution in [1.82, 2.24) is 10.2 Å². The summed E-state index contributed by atoms with van der Waals surface area (Å²) < 4.78 is 19.9. The summed E-state index contributed by atoms with van der Waals surface area (Å²) in [5.41, 5.74) is 10.4. The average molecular weight is 784 g/mol. The normalized spacial score (nSPS) is 14.5. The molecule has 12 rings (SSSR count). The SMILES string of the molecule is C1=CC2=C(CC1)N(c1cc(-c3nnc(-c4ccccc4)s3)cc(N3c4ccccc4Oc4ccccc43)c1N1c3ccccc3Oc3ccccc31)c1ccccc1O2. The Hall–Kier alpha value is -7.62. The molecular weight excluding hydrogens is 751 g/mol. The molecule has 0 atom stereocenters. The van der Waals surface area contributed by atoms with Crippen LogP contribution in [0.1, 0.15) is 12.8 Å². The molecule has 1 aromatic heterocycles. The standard InChI is InChI=1S/C50H33N5O3S/c1-2-16-32(17-3-1)49-51-52-50(59-49)33-30-40(53-34-18-4-10-24-42(34)56-43-25-11-5-19-35(43)53)48(55-38-22-8-14-28-46(38)58-47-29-15-9-23-39(47)55)41(31-33)54-36-20-6-12-26-44(36)57-45-27-13-7-21-37(45)54/h1-6,8-20,22-31H,7,21H2. The van der Waals surface area contributed by atoms with Gasteiger partial charge in [-0.1, -0.05) is 108 Å². The van der Waals surface area contributed by atoms with E-state index in [-0.39, 0.29) is 0 Å². The largest absolute Gasteiger partial charge is 0.453 e. The van der Waals surface area contributed by atoms with Gasteiger partial charge >= 0.3 is 0 Å². The highest BCUT2D eigenvalue weighted by molar-refractivity contribution is 7.17. The van der Waals surface area contributed by atoms with Crippen LogP contribution in [-0.4, -0.2) is 10.2 Å². The average Bonchev–Trinajstić information content (AvgIpc) is 3.80. The number of nitrogens with zero attached hydrogens (tertiary/aromatic N) is 5. The first kappa shape index (κ1) is 33.5. The molecule has 3 aliphatic heterocycles. The fourth-order valence-electron chi connectivity index (χ4n) is 8.46. The molecule has 0 amide bonds. The molecule has 1 aliphatic carbocycles. The second-order valence-electron chi connectivity index (χ2n) is 14.5. The number of aromatic nitrogens is 2. The minimum atomic E-state index is 0.758. The summed E-state index contributed by atoms with van der Waals surface area (Å²) in [4.78, 5) is 7.09. The van der Waals surface area contributed by atoms with Crippen molar-refractivity contribution in [1.29, 1.82) is 0 Å². The molecule has 0 saturated carbocycles. The fourth-order valence-corrected chi connectivity index (χ4v) is 9.29. The van der Waals surface area contributed by atoms with Gasteiger partial charge in [0.2, 0.25) is 0 Å². The molecule has 0 bridgehead atoms. The van der Waals surface area contributed by atoms with E-state index in [9.17, 15) is 0 Å². The van der Waals surface area contributed by atoms with Gasteiger partial charge in [0.05, 0.1) is 51.2 Å². The molecule has 59 heavy (non-hydrogen) atoms. The summed E-state index contributed by atoms with van der Waals surface area (Å²) in [6, 6.07) is 56.1. The van der Waals surface area contributed by atoms with Crippen molar-refractivity contribution in [3.63, 3.8) is 0 Å². The van der Waals surface area contributed by atoms with Crippen molar-refractivity contribution in [3.8, 4) is 49.9 Å². The van der Waals surface area contributed by atoms with Crippen molar-refractivity contribution < 1.29 is 14.2 Å². The van der Waals surface area contributed by atoms with Crippen LogP contribution in [0.4, 0.5) is 45.5 Å². The molecule has 0 saturated heterocycles. The highest BCUT2D eigenvalue weighted by Crippen LogP contribution is 2.62. The van der Waals surface area contributed by atoms with E-state index < -0.39 is 0 Å². The predicted octanol–water partition coefficient (Wildman–Crippen LogP) is 14.1. The Balaban J connectivity index is 1.24. The second-order valence-corrected chi connectivity index (χ2v) is 15.5. The van der Waals surface area contributed by atoms with Crippen LogP contribution in [-0.2, 0) is 0 Å². The van der Waals surface area contributed by atoms with Crippen LogP contribution in [0.5, 0.6) is 28.7 Å². The molecule has 4 aliphatic rings. The van der Waals surface area contributed by atoms with E-state index in [0.29, 0.717) is 0 Å². The zero-order valence-electron chi connectivity index (χ0n) is 31.5. The highest BCUT2D eigenvalue weighted by Gasteiger charge is 2.38. The maximum Gasteiger partial charge on any atom is 0.151 e. The predicted molar refractivity (Wildman–Crippen MR) is 235 cm³/mol. The Morgan fingerprint density at radius 3 is 1.42 bits per heavy atom. The van der Waals surface area contributed by atoms with E-state index in [4.69, 9.17) is 24.4 Å². The van der Waals surface area contributed by atoms with E-state index in [1.807, 2.05) is 78.9 Å². The van der Waals surface area contributed by atoms with Crippen LogP contribution in [0, 0.1) is 0 Å². The fraction of sp³-hybridized carbons (Fsp3) is 0.0400. The summed E-state index contributed by atoms with van der Waals surface area (Å²) in [5, 5.41) is 11.3. The first-order valence-corrected chi connectivity index (χ1v) is 20.4. The summed E-state index contributed by atoms with van der Waals surface area (Å²) in [7, 11) is 0. The maximum atomic E-state index is 6.66. The van der Waals surface area contributed by atoms with Crippen LogP contribution in [0.25, 0.3) is 21.1 Å². The van der Waals surface area contributed by atoms with Crippen LogP contribution in [0.3, 0.4) is 0 Å². The minimum Gasteiger partial charge on any atom is -0.453 e. The van der Waals surface area contributed by atoms with E-state index in [1.54, 1.807) is 11.3 Å². The lowest BCUT2D eigenvalue weighted by Crippen LogP contribution is -2.28. The van der Waals surface area contributed by atoms with Gasteiger partial charge in [-0.2, -0.15) is 0 Å². The van der Waals surface area contributed by atoms with E-state index in [0.717, 1.165) is 120 Å². The zero-order chi connectivity index (χ0) is 38.9. The van der Waals surface area contributed by atoms with Crippen LogP contribution in [0.2, 0.25) is 0 Å². The Labute approximate surface area is 344 Å². The van der Waals surface area contributed by atoms with Gasteiger partial charge < -0.3 is 24.0 Å². The van der Waals surface area contributed by atoms with Crippen LogP contribution >= 0.6 is 11.3 Å². The topological polar surface area (TPSA) is 63.2 Å². The number of fused-ring (bicyclic) bond motifs is 5. The molecule has 0 N–H and O–H groups in total. The number of ether oxygens (including phenoxy) is 3. The van der Waals surface area contributed by atoms with Crippen LogP contribution in [0.15, 0.2) is 187 Å². The van der Waals surface area contributed by atoms with Gasteiger partial charge in [-0.05, 0) is 91.7 Å². The molecule has 0 unspecified atom stereocenters. The van der Waals surface area contributed by atoms with Crippen molar-refractivity contribution in [2.75, 3.05) is 14.7 Å². The number of hydrogen-bond donors (Lipinski definition) is 0. The first-order chi connectivity index (χ1) is 29.3. The third-order valence-corrected chi connectivity index (χ3v) is 12.1. The van der Waals surface area contributed by atoms with Crippen molar-refractivity contribution in [2.24, 2.45) is 0 Å². The molecule has 0 spiro atoms. The summed E-state index contributed by atoms with van der Waals surface area (Å²) in [5.74, 6) is 4.65. The Morgan fingerprint density at radius 1 is 0.424 bits per heavy atom. The molecule has 4 heterocycles. The van der Waals surface area contributed by atoms with Gasteiger partial charge in [-0.3, -0.25) is 4.90 Å². The Morgan fingerprint density at radius 2 is 0.864 bits per heavy atom. The molecule has 8 aromatic rings. The maximum absolute atomic E-state index is 6.66. The monoisotopic (exact) mass is 783 g/mol. The van der Waals surface area contributed by atoms with E-state index in [2.05, 4.69) is 112 Å². The highest BCUT2D eigenvalue weighted by atomic mass is 32.1. The summed E-state index contributed by atoms with van der Waals surface area (Å²) in [6.45, 7) is 0. The first-order valence-electron chi connectivity index (χ1n) is 19.6. The van der Waals surface area contributed by atoms with Crippen molar-refractivity contribution in [3.05, 3.63) is 187 Å².